The fourth-order valence-electron chi connectivity index (χ4n) is 2.62. The summed E-state index contributed by atoms with van der Waals surface area (Å²) < 4.78 is 15.8. The number of nitrogens with one attached hydrogen (secondary N) is 1. The molecule has 1 amide bonds. The normalized spacial score (nSPS) is 11.6. The molecule has 0 aliphatic rings. The highest BCUT2D eigenvalue weighted by Gasteiger charge is 2.18. The number of hydrogen-bond acceptors (Lipinski definition) is 7. The largest absolute Gasteiger partial charge is 0.503 e. The number of carbonyl (C=O) groups is 2. The summed E-state index contributed by atoms with van der Waals surface area (Å²) in [6, 6.07) is 9.00. The summed E-state index contributed by atoms with van der Waals surface area (Å²) in [5, 5.41) is 12.3. The number of methoxy groups -OCH3 is 1. The zero-order valence-corrected chi connectivity index (χ0v) is 17.0. The standard InChI is InChI=1S/C21H26N2O6/c1-13(2)28-16-7-5-15(6-8-16)11-14(3)29-18(24)12-23-21(26)19-20(25)17(27-4)9-10-22-19/h5-10,13-14,25H,11-12H2,1-4H3,(H,23,26). The van der Waals surface area contributed by atoms with Gasteiger partial charge in [0, 0.05) is 18.7 Å². The van der Waals surface area contributed by atoms with Gasteiger partial charge in [-0.15, -0.1) is 0 Å². The van der Waals surface area contributed by atoms with E-state index in [-0.39, 0.29) is 35.9 Å². The lowest BCUT2D eigenvalue weighted by Crippen LogP contribution is -2.33. The first-order valence-corrected chi connectivity index (χ1v) is 9.25. The molecule has 1 heterocycles. The van der Waals surface area contributed by atoms with Gasteiger partial charge in [-0.25, -0.2) is 4.98 Å². The Balaban J connectivity index is 1.82. The SMILES string of the molecule is COc1ccnc(C(=O)NCC(=O)OC(C)Cc2ccc(OC(C)C)cc2)c1O. The molecule has 1 unspecified atom stereocenters. The summed E-state index contributed by atoms with van der Waals surface area (Å²) in [5.41, 5.74) is 0.768. The van der Waals surface area contributed by atoms with E-state index in [0.29, 0.717) is 6.42 Å². The first kappa shape index (κ1) is 22.0. The molecule has 0 spiro atoms. The Morgan fingerprint density at radius 2 is 1.83 bits per heavy atom. The van der Waals surface area contributed by atoms with Crippen molar-refractivity contribution in [2.75, 3.05) is 13.7 Å². The molecule has 2 aromatic rings. The van der Waals surface area contributed by atoms with Crippen molar-refractivity contribution in [3.05, 3.63) is 47.8 Å². The first-order chi connectivity index (χ1) is 13.8. The smallest absolute Gasteiger partial charge is 0.325 e. The van der Waals surface area contributed by atoms with Gasteiger partial charge in [-0.2, -0.15) is 0 Å². The number of nitrogens with zero attached hydrogens (tertiary/aromatic N) is 1. The molecule has 1 aromatic heterocycles. The van der Waals surface area contributed by atoms with Gasteiger partial charge in [0.15, 0.2) is 17.2 Å². The average Bonchev–Trinajstić information content (AvgIpc) is 2.67. The Kier molecular flexibility index (Phi) is 7.82. The number of hydrogen-bond donors (Lipinski definition) is 2. The lowest BCUT2D eigenvalue weighted by Gasteiger charge is -2.15. The highest BCUT2D eigenvalue weighted by Crippen LogP contribution is 2.27. The second-order valence-electron chi connectivity index (χ2n) is 6.71. The van der Waals surface area contributed by atoms with Gasteiger partial charge in [0.25, 0.3) is 5.91 Å². The van der Waals surface area contributed by atoms with Crippen LogP contribution in [0.25, 0.3) is 0 Å². The second-order valence-corrected chi connectivity index (χ2v) is 6.71. The van der Waals surface area contributed by atoms with Crippen molar-refractivity contribution < 1.29 is 28.9 Å². The minimum atomic E-state index is -0.702. The van der Waals surface area contributed by atoms with Crippen LogP contribution in [0.15, 0.2) is 36.5 Å². The predicted molar refractivity (Wildman–Crippen MR) is 106 cm³/mol. The first-order valence-electron chi connectivity index (χ1n) is 9.25. The third-order valence-electron chi connectivity index (χ3n) is 3.87. The lowest BCUT2D eigenvalue weighted by molar-refractivity contribution is -0.146. The van der Waals surface area contributed by atoms with Crippen molar-refractivity contribution in [1.82, 2.24) is 10.3 Å². The fraction of sp³-hybridized carbons (Fsp3) is 0.381. The average molecular weight is 402 g/mol. The summed E-state index contributed by atoms with van der Waals surface area (Å²) in [7, 11) is 1.36. The van der Waals surface area contributed by atoms with Crippen molar-refractivity contribution >= 4 is 11.9 Å². The van der Waals surface area contributed by atoms with Gasteiger partial charge in [0.2, 0.25) is 0 Å². The van der Waals surface area contributed by atoms with E-state index in [0.717, 1.165) is 11.3 Å². The van der Waals surface area contributed by atoms with Gasteiger partial charge in [-0.3, -0.25) is 9.59 Å². The van der Waals surface area contributed by atoms with E-state index < -0.39 is 11.9 Å². The highest BCUT2D eigenvalue weighted by atomic mass is 16.5. The molecule has 0 saturated heterocycles. The van der Waals surface area contributed by atoms with Crippen LogP contribution in [0, 0.1) is 0 Å². The summed E-state index contributed by atoms with van der Waals surface area (Å²) in [5.74, 6) is -0.782. The van der Waals surface area contributed by atoms with Crippen LogP contribution in [-0.4, -0.2) is 47.8 Å². The van der Waals surface area contributed by atoms with E-state index in [9.17, 15) is 14.7 Å². The molecule has 8 nitrogen and oxygen atoms in total. The summed E-state index contributed by atoms with van der Waals surface area (Å²) in [4.78, 5) is 27.9. The number of benzene rings is 1. The van der Waals surface area contributed by atoms with E-state index in [1.165, 1.54) is 19.4 Å². The Hall–Kier alpha value is -3.29. The van der Waals surface area contributed by atoms with E-state index in [1.807, 2.05) is 38.1 Å². The van der Waals surface area contributed by atoms with Crippen molar-refractivity contribution in [3.63, 3.8) is 0 Å². The maximum absolute atomic E-state index is 12.1. The predicted octanol–water partition coefficient (Wildman–Crippen LogP) is 2.49. The molecule has 2 rings (SSSR count). The van der Waals surface area contributed by atoms with E-state index in [1.54, 1.807) is 6.92 Å². The van der Waals surface area contributed by atoms with E-state index in [4.69, 9.17) is 14.2 Å². The number of amides is 1. The van der Waals surface area contributed by atoms with Crippen LogP contribution >= 0.6 is 0 Å². The number of aromatic hydroxyl groups is 1. The van der Waals surface area contributed by atoms with E-state index in [2.05, 4.69) is 10.3 Å². The van der Waals surface area contributed by atoms with Crippen LogP contribution in [0.5, 0.6) is 17.2 Å². The number of ether oxygens (including phenoxy) is 3. The molecule has 0 bridgehead atoms. The lowest BCUT2D eigenvalue weighted by atomic mass is 10.1. The number of rotatable bonds is 9. The van der Waals surface area contributed by atoms with Crippen LogP contribution in [0.4, 0.5) is 0 Å². The van der Waals surface area contributed by atoms with Crippen LogP contribution in [-0.2, 0) is 16.0 Å². The van der Waals surface area contributed by atoms with Gasteiger partial charge in [0.1, 0.15) is 18.4 Å². The van der Waals surface area contributed by atoms with Crippen LogP contribution in [0.1, 0.15) is 36.8 Å². The molecular formula is C21H26N2O6. The number of carbonyl (C=O) groups excluding carboxylic acids is 2. The van der Waals surface area contributed by atoms with Crippen LogP contribution < -0.4 is 14.8 Å². The van der Waals surface area contributed by atoms with Crippen molar-refractivity contribution in [1.29, 1.82) is 0 Å². The molecule has 156 valence electrons. The summed E-state index contributed by atoms with van der Waals surface area (Å²) >= 11 is 0. The Bertz CT molecular complexity index is 836. The maximum Gasteiger partial charge on any atom is 0.325 e. The molecule has 2 N–H and O–H groups in total. The van der Waals surface area contributed by atoms with Gasteiger partial charge in [0.05, 0.1) is 13.2 Å². The van der Waals surface area contributed by atoms with Gasteiger partial charge >= 0.3 is 5.97 Å². The second kappa shape index (κ2) is 10.3. The third kappa shape index (κ3) is 6.67. The number of pyridine rings is 1. The van der Waals surface area contributed by atoms with Crippen molar-refractivity contribution in [2.45, 2.75) is 39.4 Å². The summed E-state index contributed by atoms with van der Waals surface area (Å²) in [6.07, 6.45) is 1.58. The molecule has 1 atom stereocenters. The highest BCUT2D eigenvalue weighted by molar-refractivity contribution is 5.97. The Morgan fingerprint density at radius 1 is 1.14 bits per heavy atom. The minimum Gasteiger partial charge on any atom is -0.503 e. The topological polar surface area (TPSA) is 107 Å². The molecule has 0 aliphatic carbocycles. The minimum absolute atomic E-state index is 0.102. The third-order valence-corrected chi connectivity index (χ3v) is 3.87. The Morgan fingerprint density at radius 3 is 2.45 bits per heavy atom. The maximum atomic E-state index is 12.1. The number of esters is 1. The van der Waals surface area contributed by atoms with Crippen LogP contribution in [0.3, 0.4) is 0 Å². The van der Waals surface area contributed by atoms with Crippen molar-refractivity contribution in [3.8, 4) is 17.2 Å². The molecule has 1 aromatic carbocycles. The van der Waals surface area contributed by atoms with Gasteiger partial charge < -0.3 is 24.6 Å². The zero-order valence-electron chi connectivity index (χ0n) is 17.0. The molecule has 29 heavy (non-hydrogen) atoms. The molecule has 0 saturated carbocycles. The molecule has 0 aliphatic heterocycles. The van der Waals surface area contributed by atoms with E-state index >= 15 is 0 Å². The quantitative estimate of drug-likeness (QED) is 0.621. The molecule has 0 fully saturated rings. The molecular weight excluding hydrogens is 376 g/mol. The molecule has 0 radical (unpaired) electrons. The summed E-state index contributed by atoms with van der Waals surface area (Å²) in [6.45, 7) is 5.34. The van der Waals surface area contributed by atoms with Gasteiger partial charge in [-0.05, 0) is 38.5 Å². The monoisotopic (exact) mass is 402 g/mol. The number of aromatic nitrogens is 1. The Labute approximate surface area is 169 Å². The van der Waals surface area contributed by atoms with Gasteiger partial charge in [-0.1, -0.05) is 12.1 Å². The van der Waals surface area contributed by atoms with Crippen molar-refractivity contribution in [2.24, 2.45) is 0 Å². The molecule has 8 heteroatoms. The van der Waals surface area contributed by atoms with Crippen LogP contribution in [0.2, 0.25) is 0 Å². The fourth-order valence-corrected chi connectivity index (χ4v) is 2.62. The zero-order chi connectivity index (χ0) is 21.4.